The predicted molar refractivity (Wildman–Crippen MR) is 115 cm³/mol. The number of esters is 1. The Bertz CT molecular complexity index is 1160. The third-order valence-electron chi connectivity index (χ3n) is 4.86. The summed E-state index contributed by atoms with van der Waals surface area (Å²) in [5.74, 6) is -0.990. The fourth-order valence-electron chi connectivity index (χ4n) is 3.24. The van der Waals surface area contributed by atoms with Crippen molar-refractivity contribution >= 4 is 32.5 Å². The fraction of sp³-hybridized carbons (Fsp3) is 0.217. The van der Waals surface area contributed by atoms with E-state index in [0.29, 0.717) is 18.7 Å². The zero-order valence-corrected chi connectivity index (χ0v) is 17.7. The second-order valence-electron chi connectivity index (χ2n) is 6.64. The normalized spacial score (nSPS) is 11.6. The van der Waals surface area contributed by atoms with Crippen molar-refractivity contribution in [2.75, 3.05) is 19.7 Å². The third-order valence-corrected chi connectivity index (χ3v) is 6.92. The second-order valence-corrected chi connectivity index (χ2v) is 8.58. The lowest BCUT2D eigenvalue weighted by Gasteiger charge is -2.18. The SMILES string of the molecule is CCN(CC)S(=O)(=O)c1ccc(C(=O)OCC(=O)c2cccc3ccccc23)cc1. The third kappa shape index (κ3) is 4.42. The van der Waals surface area contributed by atoms with E-state index in [-0.39, 0.29) is 16.2 Å². The Morgan fingerprint density at radius 3 is 2.17 bits per heavy atom. The Kier molecular flexibility index (Phi) is 6.64. The molecule has 0 aromatic heterocycles. The summed E-state index contributed by atoms with van der Waals surface area (Å²) in [6.07, 6.45) is 0. The lowest BCUT2D eigenvalue weighted by atomic mass is 10.0. The van der Waals surface area contributed by atoms with E-state index in [2.05, 4.69) is 0 Å². The van der Waals surface area contributed by atoms with Crippen LogP contribution in [0, 0.1) is 0 Å². The van der Waals surface area contributed by atoms with Crippen LogP contribution in [0.15, 0.2) is 71.6 Å². The van der Waals surface area contributed by atoms with Crippen LogP contribution < -0.4 is 0 Å². The van der Waals surface area contributed by atoms with Crippen molar-refractivity contribution in [2.24, 2.45) is 0 Å². The molecule has 3 rings (SSSR count). The molecule has 0 saturated heterocycles. The Balaban J connectivity index is 1.70. The first-order valence-electron chi connectivity index (χ1n) is 9.66. The summed E-state index contributed by atoms with van der Waals surface area (Å²) in [6.45, 7) is 3.85. The van der Waals surface area contributed by atoms with Crippen molar-refractivity contribution in [2.45, 2.75) is 18.7 Å². The van der Waals surface area contributed by atoms with Crippen LogP contribution in [0.4, 0.5) is 0 Å². The Morgan fingerprint density at radius 1 is 0.867 bits per heavy atom. The minimum absolute atomic E-state index is 0.106. The van der Waals surface area contributed by atoms with E-state index in [4.69, 9.17) is 4.74 Å². The van der Waals surface area contributed by atoms with Crippen LogP contribution >= 0.6 is 0 Å². The molecule has 0 saturated carbocycles. The average Bonchev–Trinajstić information content (AvgIpc) is 2.77. The molecule has 30 heavy (non-hydrogen) atoms. The number of sulfonamides is 1. The molecule has 0 spiro atoms. The molecule has 0 heterocycles. The van der Waals surface area contributed by atoms with Crippen LogP contribution in [0.3, 0.4) is 0 Å². The molecule has 0 aliphatic carbocycles. The zero-order valence-electron chi connectivity index (χ0n) is 16.9. The highest BCUT2D eigenvalue weighted by atomic mass is 32.2. The molecule has 0 bridgehead atoms. The summed E-state index contributed by atoms with van der Waals surface area (Å²) in [6, 6.07) is 18.4. The topological polar surface area (TPSA) is 80.8 Å². The molecule has 0 amide bonds. The number of hydrogen-bond donors (Lipinski definition) is 0. The molecule has 0 aliphatic rings. The van der Waals surface area contributed by atoms with Gasteiger partial charge in [-0.15, -0.1) is 0 Å². The molecule has 0 fully saturated rings. The first-order chi connectivity index (χ1) is 14.4. The monoisotopic (exact) mass is 425 g/mol. The Morgan fingerprint density at radius 2 is 1.50 bits per heavy atom. The first kappa shape index (κ1) is 21.7. The van der Waals surface area contributed by atoms with E-state index in [1.165, 1.54) is 28.6 Å². The maximum Gasteiger partial charge on any atom is 0.338 e. The Hall–Kier alpha value is -3.03. The van der Waals surface area contributed by atoms with Gasteiger partial charge in [0.2, 0.25) is 15.8 Å². The van der Waals surface area contributed by atoms with Gasteiger partial charge < -0.3 is 4.74 Å². The highest BCUT2D eigenvalue weighted by Gasteiger charge is 2.22. The molecular weight excluding hydrogens is 402 g/mol. The number of benzene rings is 3. The van der Waals surface area contributed by atoms with Crippen molar-refractivity contribution in [1.82, 2.24) is 4.31 Å². The summed E-state index contributed by atoms with van der Waals surface area (Å²) >= 11 is 0. The fourth-order valence-corrected chi connectivity index (χ4v) is 4.69. The lowest BCUT2D eigenvalue weighted by Crippen LogP contribution is -2.30. The van der Waals surface area contributed by atoms with Crippen molar-refractivity contribution < 1.29 is 22.7 Å². The molecule has 6 nitrogen and oxygen atoms in total. The number of ether oxygens (including phenoxy) is 1. The van der Waals surface area contributed by atoms with Crippen LogP contribution in [0.5, 0.6) is 0 Å². The molecule has 0 atom stereocenters. The number of carbonyl (C=O) groups excluding carboxylic acids is 2. The minimum Gasteiger partial charge on any atom is -0.454 e. The number of Topliss-reactive ketones (excluding diaryl/α,β-unsaturated/α-hetero) is 1. The number of ketones is 1. The highest BCUT2D eigenvalue weighted by Crippen LogP contribution is 2.20. The molecule has 0 unspecified atom stereocenters. The van der Waals surface area contributed by atoms with Crippen molar-refractivity contribution in [1.29, 1.82) is 0 Å². The molecule has 0 aliphatic heterocycles. The predicted octanol–water partition coefficient (Wildman–Crippen LogP) is 3.91. The summed E-state index contributed by atoms with van der Waals surface area (Å²) < 4.78 is 31.5. The smallest absolute Gasteiger partial charge is 0.338 e. The highest BCUT2D eigenvalue weighted by molar-refractivity contribution is 7.89. The van der Waals surface area contributed by atoms with Gasteiger partial charge >= 0.3 is 5.97 Å². The average molecular weight is 426 g/mol. The number of fused-ring (bicyclic) bond motifs is 1. The Labute approximate surface area is 176 Å². The maximum absolute atomic E-state index is 12.6. The summed E-state index contributed by atoms with van der Waals surface area (Å²) in [5.41, 5.74) is 0.667. The van der Waals surface area contributed by atoms with Crippen molar-refractivity contribution in [3.05, 3.63) is 77.9 Å². The van der Waals surface area contributed by atoms with Gasteiger partial charge in [0, 0.05) is 18.7 Å². The van der Waals surface area contributed by atoms with E-state index < -0.39 is 22.6 Å². The largest absolute Gasteiger partial charge is 0.454 e. The van der Waals surface area contributed by atoms with E-state index in [1.807, 2.05) is 30.3 Å². The van der Waals surface area contributed by atoms with E-state index in [9.17, 15) is 18.0 Å². The van der Waals surface area contributed by atoms with Gasteiger partial charge in [-0.2, -0.15) is 4.31 Å². The van der Waals surface area contributed by atoms with Gasteiger partial charge in [-0.3, -0.25) is 4.79 Å². The molecule has 0 N–H and O–H groups in total. The summed E-state index contributed by atoms with van der Waals surface area (Å²) in [4.78, 5) is 25.0. The zero-order chi connectivity index (χ0) is 21.7. The van der Waals surface area contributed by atoms with Gasteiger partial charge in [0.05, 0.1) is 10.5 Å². The summed E-state index contributed by atoms with van der Waals surface area (Å²) in [7, 11) is -3.60. The molecule has 7 heteroatoms. The quantitative estimate of drug-likeness (QED) is 0.404. The van der Waals surface area contributed by atoms with Crippen molar-refractivity contribution in [3.8, 4) is 0 Å². The molecule has 3 aromatic rings. The van der Waals surface area contributed by atoms with Gasteiger partial charge in [-0.05, 0) is 35.0 Å². The molecular formula is C23H23NO5S. The van der Waals surface area contributed by atoms with Crippen LogP contribution in [0.2, 0.25) is 0 Å². The van der Waals surface area contributed by atoms with Crippen LogP contribution in [-0.2, 0) is 14.8 Å². The lowest BCUT2D eigenvalue weighted by molar-refractivity contribution is 0.0475. The van der Waals surface area contributed by atoms with E-state index in [0.717, 1.165) is 10.8 Å². The number of nitrogens with zero attached hydrogens (tertiary/aromatic N) is 1. The van der Waals surface area contributed by atoms with Gasteiger partial charge in [-0.1, -0.05) is 56.3 Å². The number of hydrogen-bond acceptors (Lipinski definition) is 5. The van der Waals surface area contributed by atoms with Crippen LogP contribution in [-0.4, -0.2) is 44.2 Å². The maximum atomic E-state index is 12.6. The second kappa shape index (κ2) is 9.19. The van der Waals surface area contributed by atoms with Crippen LogP contribution in [0.1, 0.15) is 34.6 Å². The number of rotatable bonds is 8. The van der Waals surface area contributed by atoms with E-state index >= 15 is 0 Å². The van der Waals surface area contributed by atoms with Crippen molar-refractivity contribution in [3.63, 3.8) is 0 Å². The minimum atomic E-state index is -3.60. The van der Waals surface area contributed by atoms with Gasteiger partial charge in [0.1, 0.15) is 0 Å². The summed E-state index contributed by atoms with van der Waals surface area (Å²) in [5, 5.41) is 1.73. The van der Waals surface area contributed by atoms with Gasteiger partial charge in [0.25, 0.3) is 0 Å². The van der Waals surface area contributed by atoms with Gasteiger partial charge in [-0.25, -0.2) is 13.2 Å². The standard InChI is InChI=1S/C23H23NO5S/c1-3-24(4-2)30(27,28)19-14-12-18(13-15-19)23(26)29-16-22(25)21-11-7-9-17-8-5-6-10-20(17)21/h5-15H,3-4,16H2,1-2H3. The molecule has 156 valence electrons. The molecule has 0 radical (unpaired) electrons. The first-order valence-corrected chi connectivity index (χ1v) is 11.1. The van der Waals surface area contributed by atoms with Gasteiger partial charge in [0.15, 0.2) is 6.61 Å². The number of carbonyl (C=O) groups is 2. The van der Waals surface area contributed by atoms with Crippen LogP contribution in [0.25, 0.3) is 10.8 Å². The van der Waals surface area contributed by atoms with E-state index in [1.54, 1.807) is 26.0 Å². The molecule has 3 aromatic carbocycles.